The number of halogens is 1. The molecule has 0 spiro atoms. The first-order valence-corrected chi connectivity index (χ1v) is 8.85. The van der Waals surface area contributed by atoms with Gasteiger partial charge < -0.3 is 14.8 Å². The summed E-state index contributed by atoms with van der Waals surface area (Å²) in [6, 6.07) is 14.8. The molecule has 1 atom stereocenters. The zero-order chi connectivity index (χ0) is 19.0. The summed E-state index contributed by atoms with van der Waals surface area (Å²) in [5, 5.41) is 8.00. The Labute approximate surface area is 161 Å². The van der Waals surface area contributed by atoms with Crippen molar-refractivity contribution >= 4 is 23.3 Å². The first-order valence-electron chi connectivity index (χ1n) is 8.48. The van der Waals surface area contributed by atoms with Crippen molar-refractivity contribution in [2.75, 3.05) is 12.4 Å². The van der Waals surface area contributed by atoms with Crippen molar-refractivity contribution in [2.24, 2.45) is 7.05 Å². The van der Waals surface area contributed by atoms with E-state index >= 15 is 0 Å². The number of methoxy groups -OCH3 is 1. The van der Waals surface area contributed by atoms with Gasteiger partial charge in [-0.2, -0.15) is 5.10 Å². The van der Waals surface area contributed by atoms with E-state index in [9.17, 15) is 4.79 Å². The third kappa shape index (κ3) is 3.48. The number of hydrogen-bond donors (Lipinski definition) is 1. The van der Waals surface area contributed by atoms with E-state index in [0.717, 1.165) is 22.6 Å². The Bertz CT molecular complexity index is 998. The number of amides is 1. The highest BCUT2D eigenvalue weighted by molar-refractivity contribution is 6.30. The predicted molar refractivity (Wildman–Crippen MR) is 103 cm³/mol. The van der Waals surface area contributed by atoms with Crippen LogP contribution >= 0.6 is 11.6 Å². The van der Waals surface area contributed by atoms with Gasteiger partial charge in [0.1, 0.15) is 17.3 Å². The lowest BCUT2D eigenvalue weighted by Gasteiger charge is -2.11. The topological polar surface area (TPSA) is 65.4 Å². The van der Waals surface area contributed by atoms with Crippen LogP contribution in [0.15, 0.2) is 48.5 Å². The van der Waals surface area contributed by atoms with Crippen LogP contribution in [0.4, 0.5) is 5.82 Å². The molecule has 1 N–H and O–H groups in total. The van der Waals surface area contributed by atoms with E-state index in [0.29, 0.717) is 23.0 Å². The van der Waals surface area contributed by atoms with E-state index in [1.807, 2.05) is 36.4 Å². The van der Waals surface area contributed by atoms with E-state index in [2.05, 4.69) is 10.4 Å². The zero-order valence-electron chi connectivity index (χ0n) is 14.9. The van der Waals surface area contributed by atoms with Crippen molar-refractivity contribution in [2.45, 2.75) is 12.5 Å². The Hall–Kier alpha value is -2.99. The molecule has 0 aliphatic carbocycles. The number of nitrogens with zero attached hydrogens (tertiary/aromatic N) is 2. The highest BCUT2D eigenvalue weighted by atomic mass is 35.5. The number of ether oxygens (including phenoxy) is 2. The molecule has 2 heterocycles. The molecule has 1 aromatic heterocycles. The Morgan fingerprint density at radius 1 is 1.26 bits per heavy atom. The lowest BCUT2D eigenvalue weighted by molar-refractivity contribution is -0.122. The van der Waals surface area contributed by atoms with Gasteiger partial charge in [0.2, 0.25) is 0 Å². The molecule has 1 unspecified atom stereocenters. The summed E-state index contributed by atoms with van der Waals surface area (Å²) in [4.78, 5) is 12.6. The van der Waals surface area contributed by atoms with Crippen LogP contribution < -0.4 is 14.8 Å². The molecule has 2 aromatic carbocycles. The van der Waals surface area contributed by atoms with Crippen molar-refractivity contribution < 1.29 is 14.3 Å². The van der Waals surface area contributed by atoms with Crippen LogP contribution in [-0.2, 0) is 18.3 Å². The monoisotopic (exact) mass is 383 g/mol. The van der Waals surface area contributed by atoms with Crippen LogP contribution in [0.1, 0.15) is 5.56 Å². The highest BCUT2D eigenvalue weighted by Gasteiger charge is 2.29. The molecule has 27 heavy (non-hydrogen) atoms. The van der Waals surface area contributed by atoms with Crippen molar-refractivity contribution in [3.8, 4) is 22.8 Å². The quantitative estimate of drug-likeness (QED) is 0.746. The fourth-order valence-corrected chi connectivity index (χ4v) is 3.25. The van der Waals surface area contributed by atoms with E-state index in [-0.39, 0.29) is 5.91 Å². The molecule has 3 aromatic rings. The minimum atomic E-state index is -0.585. The summed E-state index contributed by atoms with van der Waals surface area (Å²) in [6.45, 7) is 0. The summed E-state index contributed by atoms with van der Waals surface area (Å²) in [6.07, 6.45) is -0.0944. The Kier molecular flexibility index (Phi) is 4.49. The molecule has 1 aliphatic heterocycles. The van der Waals surface area contributed by atoms with Crippen molar-refractivity contribution in [1.29, 1.82) is 0 Å². The van der Waals surface area contributed by atoms with Gasteiger partial charge in [0.15, 0.2) is 6.10 Å². The van der Waals surface area contributed by atoms with Crippen LogP contribution in [0.3, 0.4) is 0 Å². The fraction of sp³-hybridized carbons (Fsp3) is 0.200. The summed E-state index contributed by atoms with van der Waals surface area (Å²) in [5.74, 6) is 1.86. The summed E-state index contributed by atoms with van der Waals surface area (Å²) in [7, 11) is 3.41. The van der Waals surface area contributed by atoms with Crippen molar-refractivity contribution in [1.82, 2.24) is 9.78 Å². The molecule has 0 bridgehead atoms. The Balaban J connectivity index is 1.48. The molecular weight excluding hydrogens is 366 g/mol. The average molecular weight is 384 g/mol. The molecular formula is C20H18ClN3O3. The number of anilines is 1. The molecule has 0 fully saturated rings. The van der Waals surface area contributed by atoms with Crippen LogP contribution in [-0.4, -0.2) is 28.9 Å². The van der Waals surface area contributed by atoms with Gasteiger partial charge in [-0.1, -0.05) is 11.6 Å². The molecule has 1 aliphatic rings. The highest BCUT2D eigenvalue weighted by Crippen LogP contribution is 2.31. The van der Waals surface area contributed by atoms with Gasteiger partial charge in [-0.25, -0.2) is 0 Å². The number of rotatable bonds is 4. The summed E-state index contributed by atoms with van der Waals surface area (Å²) in [5.41, 5.74) is 2.63. The van der Waals surface area contributed by atoms with Crippen LogP contribution in [0.5, 0.6) is 11.5 Å². The Morgan fingerprint density at radius 3 is 2.78 bits per heavy atom. The van der Waals surface area contributed by atoms with Gasteiger partial charge in [0, 0.05) is 30.1 Å². The first kappa shape index (κ1) is 17.4. The van der Waals surface area contributed by atoms with Crippen LogP contribution in [0, 0.1) is 0 Å². The second-order valence-electron chi connectivity index (χ2n) is 6.32. The second kappa shape index (κ2) is 6.96. The number of aromatic nitrogens is 2. The lowest BCUT2D eigenvalue weighted by Crippen LogP contribution is -2.32. The van der Waals surface area contributed by atoms with Gasteiger partial charge in [-0.15, -0.1) is 0 Å². The standard InChI is InChI=1S/C20H18ClN3O3/c1-24-19(11-16(23-24)12-3-6-15(26-2)7-4-12)22-20(25)18-10-13-9-14(21)5-8-17(13)27-18/h3-9,11,18H,10H2,1-2H3,(H,22,25). The molecule has 0 radical (unpaired) electrons. The molecule has 138 valence electrons. The summed E-state index contributed by atoms with van der Waals surface area (Å²) >= 11 is 6.01. The number of hydrogen-bond acceptors (Lipinski definition) is 4. The van der Waals surface area contributed by atoms with Gasteiger partial charge in [-0.3, -0.25) is 9.48 Å². The third-order valence-corrected chi connectivity index (χ3v) is 4.74. The smallest absolute Gasteiger partial charge is 0.266 e. The van der Waals surface area contributed by atoms with Crippen molar-refractivity contribution in [3.05, 3.63) is 59.1 Å². The second-order valence-corrected chi connectivity index (χ2v) is 6.76. The van der Waals surface area contributed by atoms with E-state index < -0.39 is 6.10 Å². The number of fused-ring (bicyclic) bond motifs is 1. The molecule has 1 amide bonds. The number of aryl methyl sites for hydroxylation is 1. The van der Waals surface area contributed by atoms with E-state index in [4.69, 9.17) is 21.1 Å². The van der Waals surface area contributed by atoms with Crippen molar-refractivity contribution in [3.63, 3.8) is 0 Å². The van der Waals surface area contributed by atoms with E-state index in [1.165, 1.54) is 0 Å². The van der Waals surface area contributed by atoms with Gasteiger partial charge in [-0.05, 0) is 48.0 Å². The zero-order valence-corrected chi connectivity index (χ0v) is 15.7. The number of nitrogens with one attached hydrogen (secondary N) is 1. The largest absolute Gasteiger partial charge is 0.497 e. The number of carbonyl (C=O) groups excluding carboxylic acids is 1. The molecule has 0 saturated carbocycles. The SMILES string of the molecule is COc1ccc(-c2cc(NC(=O)C3Cc4cc(Cl)ccc4O3)n(C)n2)cc1. The first-order chi connectivity index (χ1) is 13.0. The summed E-state index contributed by atoms with van der Waals surface area (Å²) < 4.78 is 12.5. The maximum Gasteiger partial charge on any atom is 0.266 e. The maximum absolute atomic E-state index is 12.6. The minimum Gasteiger partial charge on any atom is -0.497 e. The molecule has 6 nitrogen and oxygen atoms in total. The van der Waals surface area contributed by atoms with Gasteiger partial charge in [0.25, 0.3) is 5.91 Å². The van der Waals surface area contributed by atoms with Crippen LogP contribution in [0.2, 0.25) is 5.02 Å². The van der Waals surface area contributed by atoms with Crippen LogP contribution in [0.25, 0.3) is 11.3 Å². The molecule has 7 heteroatoms. The average Bonchev–Trinajstić information content (AvgIpc) is 3.25. The molecule has 4 rings (SSSR count). The predicted octanol–water partition coefficient (Wildman–Crippen LogP) is 3.69. The lowest BCUT2D eigenvalue weighted by atomic mass is 10.1. The fourth-order valence-electron chi connectivity index (χ4n) is 3.06. The number of benzene rings is 2. The molecule has 0 saturated heterocycles. The normalized spacial score (nSPS) is 15.1. The van der Waals surface area contributed by atoms with Gasteiger partial charge in [0.05, 0.1) is 12.8 Å². The third-order valence-electron chi connectivity index (χ3n) is 4.51. The maximum atomic E-state index is 12.6. The van der Waals surface area contributed by atoms with Gasteiger partial charge >= 0.3 is 0 Å². The van der Waals surface area contributed by atoms with E-state index in [1.54, 1.807) is 31.0 Å². The Morgan fingerprint density at radius 2 is 2.04 bits per heavy atom. The minimum absolute atomic E-state index is 0.216. The number of carbonyl (C=O) groups is 1.